The van der Waals surface area contributed by atoms with Crippen LogP contribution in [0.1, 0.15) is 28.5 Å². The first-order valence-corrected chi connectivity index (χ1v) is 13.7. The zero-order valence-corrected chi connectivity index (χ0v) is 20.6. The van der Waals surface area contributed by atoms with Crippen LogP contribution in [0.3, 0.4) is 0 Å². The standard InChI is InChI=1S/C25H27ClN4O3S/c1-18-5-7-19(8-6-18)24-16-23(27-30(24)22-9-14-34(32,33)17-22)25(31)29-12-10-28(11-13-29)21-4-2-3-20(26)15-21/h2-8,15-16,22H,9-14,17H2,1H3/t22-/m0/s1. The van der Waals surface area contributed by atoms with Crippen LogP contribution in [-0.4, -0.2) is 66.7 Å². The van der Waals surface area contributed by atoms with E-state index in [1.807, 2.05) is 60.4 Å². The molecule has 1 aromatic heterocycles. The van der Waals surface area contributed by atoms with Crippen LogP contribution >= 0.6 is 11.6 Å². The molecule has 0 spiro atoms. The van der Waals surface area contributed by atoms with Crippen LogP contribution in [-0.2, 0) is 9.84 Å². The van der Waals surface area contributed by atoms with Gasteiger partial charge >= 0.3 is 0 Å². The largest absolute Gasteiger partial charge is 0.368 e. The van der Waals surface area contributed by atoms with Crippen LogP contribution in [0.5, 0.6) is 0 Å². The molecule has 2 aromatic carbocycles. The number of rotatable bonds is 4. The van der Waals surface area contributed by atoms with Gasteiger partial charge in [-0.3, -0.25) is 9.48 Å². The molecule has 178 valence electrons. The van der Waals surface area contributed by atoms with Crippen LogP contribution in [0.2, 0.25) is 5.02 Å². The van der Waals surface area contributed by atoms with E-state index < -0.39 is 9.84 Å². The number of amides is 1. The van der Waals surface area contributed by atoms with Gasteiger partial charge in [0.1, 0.15) is 0 Å². The topological polar surface area (TPSA) is 75.5 Å². The number of hydrogen-bond acceptors (Lipinski definition) is 5. The Morgan fingerprint density at radius 1 is 1.03 bits per heavy atom. The Hall–Kier alpha value is -2.84. The lowest BCUT2D eigenvalue weighted by Gasteiger charge is -2.35. The van der Waals surface area contributed by atoms with Crippen molar-refractivity contribution in [1.29, 1.82) is 0 Å². The predicted octanol–water partition coefficient (Wildman–Crippen LogP) is 3.83. The van der Waals surface area contributed by atoms with Crippen molar-refractivity contribution in [3.05, 3.63) is 70.9 Å². The molecule has 3 aromatic rings. The number of aromatic nitrogens is 2. The Morgan fingerprint density at radius 2 is 1.76 bits per heavy atom. The second-order valence-electron chi connectivity index (χ2n) is 9.04. The third kappa shape index (κ3) is 4.70. The summed E-state index contributed by atoms with van der Waals surface area (Å²) in [5, 5.41) is 5.34. The van der Waals surface area contributed by atoms with Gasteiger partial charge in [-0.05, 0) is 43.2 Å². The van der Waals surface area contributed by atoms with E-state index in [2.05, 4.69) is 10.00 Å². The van der Waals surface area contributed by atoms with Gasteiger partial charge in [-0.1, -0.05) is 47.5 Å². The average Bonchev–Trinajstić information content (AvgIpc) is 3.42. The minimum Gasteiger partial charge on any atom is -0.368 e. The number of hydrogen-bond donors (Lipinski definition) is 0. The summed E-state index contributed by atoms with van der Waals surface area (Å²) in [7, 11) is -3.09. The fourth-order valence-corrected chi connectivity index (χ4v) is 6.56. The number of anilines is 1. The fourth-order valence-electron chi connectivity index (χ4n) is 4.69. The van der Waals surface area contributed by atoms with Gasteiger partial charge in [-0.25, -0.2) is 8.42 Å². The molecule has 3 heterocycles. The molecule has 0 N–H and O–H groups in total. The number of carbonyl (C=O) groups is 1. The Morgan fingerprint density at radius 3 is 2.41 bits per heavy atom. The first-order valence-electron chi connectivity index (χ1n) is 11.5. The Kier molecular flexibility index (Phi) is 6.12. The Balaban J connectivity index is 1.38. The minimum absolute atomic E-state index is 0.0550. The summed E-state index contributed by atoms with van der Waals surface area (Å²) in [6.07, 6.45) is 0.509. The molecule has 2 fully saturated rings. The van der Waals surface area contributed by atoms with Gasteiger partial charge in [-0.2, -0.15) is 5.10 Å². The molecular weight excluding hydrogens is 472 g/mol. The van der Waals surface area contributed by atoms with E-state index >= 15 is 0 Å². The molecule has 1 amide bonds. The first-order chi connectivity index (χ1) is 16.3. The van der Waals surface area contributed by atoms with E-state index in [9.17, 15) is 13.2 Å². The average molecular weight is 499 g/mol. The van der Waals surface area contributed by atoms with Crippen molar-refractivity contribution in [3.63, 3.8) is 0 Å². The molecule has 9 heteroatoms. The van der Waals surface area contributed by atoms with Crippen molar-refractivity contribution in [3.8, 4) is 11.3 Å². The Bertz CT molecular complexity index is 1310. The highest BCUT2D eigenvalue weighted by atomic mass is 35.5. The number of piperazine rings is 1. The normalized spacial score (nSPS) is 20.0. The maximum Gasteiger partial charge on any atom is 0.274 e. The van der Waals surface area contributed by atoms with E-state index in [0.717, 1.165) is 22.5 Å². The molecule has 2 saturated heterocycles. The fraction of sp³-hybridized carbons (Fsp3) is 0.360. The summed E-state index contributed by atoms with van der Waals surface area (Å²) >= 11 is 6.13. The second-order valence-corrected chi connectivity index (χ2v) is 11.7. The molecule has 0 unspecified atom stereocenters. The summed E-state index contributed by atoms with van der Waals surface area (Å²) in [6.45, 7) is 4.59. The molecule has 2 aliphatic heterocycles. The van der Waals surface area contributed by atoms with Gasteiger partial charge in [0.15, 0.2) is 15.5 Å². The molecule has 2 aliphatic rings. The molecule has 0 aliphatic carbocycles. The summed E-state index contributed by atoms with van der Waals surface area (Å²) < 4.78 is 26.0. The SMILES string of the molecule is Cc1ccc(-c2cc(C(=O)N3CCN(c4cccc(Cl)c4)CC3)nn2[C@H]2CCS(=O)(=O)C2)cc1. The molecule has 5 rings (SSSR count). The van der Waals surface area contributed by atoms with Crippen LogP contribution in [0.15, 0.2) is 54.6 Å². The number of nitrogens with zero attached hydrogens (tertiary/aromatic N) is 4. The number of halogens is 1. The van der Waals surface area contributed by atoms with Crippen molar-refractivity contribution in [1.82, 2.24) is 14.7 Å². The van der Waals surface area contributed by atoms with Crippen LogP contribution in [0.4, 0.5) is 5.69 Å². The van der Waals surface area contributed by atoms with Gasteiger partial charge in [0.2, 0.25) is 0 Å². The third-order valence-electron chi connectivity index (χ3n) is 6.60. The lowest BCUT2D eigenvalue weighted by Crippen LogP contribution is -2.48. The van der Waals surface area contributed by atoms with Crippen LogP contribution < -0.4 is 4.90 Å². The van der Waals surface area contributed by atoms with Crippen molar-refractivity contribution >= 4 is 33.0 Å². The first kappa shape index (κ1) is 22.9. The highest BCUT2D eigenvalue weighted by Gasteiger charge is 2.33. The van der Waals surface area contributed by atoms with E-state index in [0.29, 0.717) is 43.3 Å². The monoisotopic (exact) mass is 498 g/mol. The molecule has 1 atom stereocenters. The zero-order valence-electron chi connectivity index (χ0n) is 19.0. The van der Waals surface area contributed by atoms with E-state index in [1.54, 1.807) is 10.7 Å². The van der Waals surface area contributed by atoms with Gasteiger partial charge < -0.3 is 9.80 Å². The predicted molar refractivity (Wildman–Crippen MR) is 134 cm³/mol. The molecule has 0 bridgehead atoms. The highest BCUT2D eigenvalue weighted by molar-refractivity contribution is 7.91. The summed E-state index contributed by atoms with van der Waals surface area (Å²) in [5.41, 5.74) is 4.24. The molecular formula is C25H27ClN4O3S. The molecule has 34 heavy (non-hydrogen) atoms. The van der Waals surface area contributed by atoms with Gasteiger partial charge in [-0.15, -0.1) is 0 Å². The zero-order chi connectivity index (χ0) is 23.9. The number of sulfone groups is 1. The van der Waals surface area contributed by atoms with Crippen LogP contribution in [0, 0.1) is 6.92 Å². The maximum atomic E-state index is 13.4. The lowest BCUT2D eigenvalue weighted by molar-refractivity contribution is 0.0739. The summed E-state index contributed by atoms with van der Waals surface area (Å²) in [6, 6.07) is 17.3. The molecule has 7 nitrogen and oxygen atoms in total. The number of aryl methyl sites for hydroxylation is 1. The Labute approximate surface area is 204 Å². The number of benzene rings is 2. The van der Waals surface area contributed by atoms with Crippen molar-refractivity contribution in [2.24, 2.45) is 0 Å². The van der Waals surface area contributed by atoms with Gasteiger partial charge in [0.05, 0.1) is 23.2 Å². The smallest absolute Gasteiger partial charge is 0.274 e. The van der Waals surface area contributed by atoms with E-state index in [4.69, 9.17) is 11.6 Å². The van der Waals surface area contributed by atoms with Crippen molar-refractivity contribution in [2.75, 3.05) is 42.6 Å². The number of carbonyl (C=O) groups excluding carboxylic acids is 1. The second kappa shape index (κ2) is 9.07. The van der Waals surface area contributed by atoms with E-state index in [1.165, 1.54) is 0 Å². The van der Waals surface area contributed by atoms with Gasteiger partial charge in [0.25, 0.3) is 5.91 Å². The summed E-state index contributed by atoms with van der Waals surface area (Å²) in [4.78, 5) is 17.4. The highest BCUT2D eigenvalue weighted by Crippen LogP contribution is 2.31. The lowest BCUT2D eigenvalue weighted by atomic mass is 10.1. The van der Waals surface area contributed by atoms with Gasteiger partial charge in [0, 0.05) is 36.9 Å². The summed E-state index contributed by atoms with van der Waals surface area (Å²) in [5.74, 6) is 0.0812. The maximum absolute atomic E-state index is 13.4. The molecule has 0 radical (unpaired) electrons. The third-order valence-corrected chi connectivity index (χ3v) is 8.58. The van der Waals surface area contributed by atoms with Crippen molar-refractivity contribution < 1.29 is 13.2 Å². The minimum atomic E-state index is -3.09. The van der Waals surface area contributed by atoms with Crippen LogP contribution in [0.25, 0.3) is 11.3 Å². The van der Waals surface area contributed by atoms with Crippen molar-refractivity contribution in [2.45, 2.75) is 19.4 Å². The van der Waals surface area contributed by atoms with E-state index in [-0.39, 0.29) is 23.5 Å². The quantitative estimate of drug-likeness (QED) is 0.546. The molecule has 0 saturated carbocycles.